The summed E-state index contributed by atoms with van der Waals surface area (Å²) in [5, 5.41) is 0. The molecule has 88 valence electrons. The van der Waals surface area contributed by atoms with Gasteiger partial charge in [-0.15, -0.1) is 0 Å². The summed E-state index contributed by atoms with van der Waals surface area (Å²) in [6, 6.07) is 2.35. The van der Waals surface area contributed by atoms with Gasteiger partial charge in [-0.1, -0.05) is 13.8 Å². The number of halogens is 2. The van der Waals surface area contributed by atoms with Gasteiger partial charge in [0.1, 0.15) is 5.69 Å². The van der Waals surface area contributed by atoms with E-state index in [1.807, 2.05) is 0 Å². The molecule has 1 aliphatic rings. The fourth-order valence-corrected chi connectivity index (χ4v) is 2.20. The normalized spacial score (nSPS) is 25.1. The number of nitrogens with zero attached hydrogens (tertiary/aromatic N) is 1. The largest absolute Gasteiger partial charge is 0.399 e. The molecule has 1 saturated heterocycles. The first kappa shape index (κ1) is 11.2. The van der Waals surface area contributed by atoms with E-state index >= 15 is 0 Å². The van der Waals surface area contributed by atoms with Crippen LogP contribution in [-0.2, 0) is 0 Å². The van der Waals surface area contributed by atoms with E-state index in [1.165, 1.54) is 12.1 Å². The molecule has 0 amide bonds. The van der Waals surface area contributed by atoms with Crippen LogP contribution in [0.15, 0.2) is 12.1 Å². The second kappa shape index (κ2) is 3.92. The van der Waals surface area contributed by atoms with Crippen molar-refractivity contribution in [3.8, 4) is 0 Å². The summed E-state index contributed by atoms with van der Waals surface area (Å²) >= 11 is 0. The minimum Gasteiger partial charge on any atom is -0.399 e. The molecule has 0 aromatic heterocycles. The molecule has 2 rings (SSSR count). The first-order valence-electron chi connectivity index (χ1n) is 5.48. The van der Waals surface area contributed by atoms with Crippen molar-refractivity contribution in [2.45, 2.75) is 13.8 Å². The number of rotatable bonds is 1. The van der Waals surface area contributed by atoms with Gasteiger partial charge in [-0.05, 0) is 24.0 Å². The maximum atomic E-state index is 13.7. The van der Waals surface area contributed by atoms with Gasteiger partial charge in [-0.3, -0.25) is 0 Å². The van der Waals surface area contributed by atoms with E-state index in [0.717, 1.165) is 0 Å². The molecule has 0 radical (unpaired) electrons. The molecule has 2 atom stereocenters. The van der Waals surface area contributed by atoms with Crippen LogP contribution in [0.2, 0.25) is 0 Å². The predicted octanol–water partition coefficient (Wildman–Crippen LogP) is 2.64. The minimum absolute atomic E-state index is 0.0606. The maximum Gasteiger partial charge on any atom is 0.151 e. The molecule has 1 aliphatic heterocycles. The number of hydrogen-bond acceptors (Lipinski definition) is 2. The third-order valence-corrected chi connectivity index (χ3v) is 3.34. The highest BCUT2D eigenvalue weighted by molar-refractivity contribution is 5.56. The average Bonchev–Trinajstić information content (AvgIpc) is 2.44. The van der Waals surface area contributed by atoms with E-state index in [-0.39, 0.29) is 11.4 Å². The quantitative estimate of drug-likeness (QED) is 0.746. The molecular weight excluding hydrogens is 210 g/mol. The second-order valence-corrected chi connectivity index (χ2v) is 4.69. The van der Waals surface area contributed by atoms with Gasteiger partial charge in [0.05, 0.1) is 0 Å². The van der Waals surface area contributed by atoms with Gasteiger partial charge < -0.3 is 10.6 Å². The fourth-order valence-electron chi connectivity index (χ4n) is 2.20. The minimum atomic E-state index is -0.571. The number of benzene rings is 1. The van der Waals surface area contributed by atoms with Crippen molar-refractivity contribution in [1.29, 1.82) is 0 Å². The zero-order valence-corrected chi connectivity index (χ0v) is 9.50. The smallest absolute Gasteiger partial charge is 0.151 e. The van der Waals surface area contributed by atoms with Crippen LogP contribution in [-0.4, -0.2) is 13.1 Å². The van der Waals surface area contributed by atoms with Gasteiger partial charge in [0.25, 0.3) is 0 Å². The fraction of sp³-hybridized carbons (Fsp3) is 0.500. The van der Waals surface area contributed by atoms with Crippen LogP contribution in [0, 0.1) is 23.5 Å². The summed E-state index contributed by atoms with van der Waals surface area (Å²) in [7, 11) is 0. The third kappa shape index (κ3) is 1.84. The van der Waals surface area contributed by atoms with Crippen molar-refractivity contribution in [2.24, 2.45) is 11.8 Å². The summed E-state index contributed by atoms with van der Waals surface area (Å²) in [5.74, 6) is -0.231. The van der Waals surface area contributed by atoms with Crippen molar-refractivity contribution in [3.05, 3.63) is 23.8 Å². The first-order valence-corrected chi connectivity index (χ1v) is 5.48. The van der Waals surface area contributed by atoms with Crippen LogP contribution in [0.4, 0.5) is 20.2 Å². The summed E-state index contributed by atoms with van der Waals surface area (Å²) < 4.78 is 27.3. The molecule has 1 fully saturated rings. The van der Waals surface area contributed by atoms with Crippen LogP contribution < -0.4 is 10.6 Å². The molecule has 4 heteroatoms. The van der Waals surface area contributed by atoms with Gasteiger partial charge in [0.2, 0.25) is 0 Å². The van der Waals surface area contributed by atoms with Crippen molar-refractivity contribution in [2.75, 3.05) is 23.7 Å². The molecule has 0 spiro atoms. The van der Waals surface area contributed by atoms with Crippen LogP contribution in [0.25, 0.3) is 0 Å². The lowest BCUT2D eigenvalue weighted by atomic mass is 10.0. The Kier molecular flexibility index (Phi) is 2.74. The monoisotopic (exact) mass is 226 g/mol. The Hall–Kier alpha value is -1.32. The molecule has 0 bridgehead atoms. The standard InChI is InChI=1S/C12H16F2N2/c1-7-5-16(6-8(7)2)12-10(13)3-9(15)4-11(12)14/h3-4,7-8H,5-6,15H2,1-2H3. The average molecular weight is 226 g/mol. The van der Waals surface area contributed by atoms with E-state index in [0.29, 0.717) is 24.9 Å². The topological polar surface area (TPSA) is 29.3 Å². The van der Waals surface area contributed by atoms with Gasteiger partial charge in [0.15, 0.2) is 11.6 Å². The van der Waals surface area contributed by atoms with Crippen LogP contribution >= 0.6 is 0 Å². The SMILES string of the molecule is CC1CN(c2c(F)cc(N)cc2F)CC1C. The number of nitrogens with two attached hydrogens (primary N) is 1. The van der Waals surface area contributed by atoms with E-state index in [9.17, 15) is 8.78 Å². The summed E-state index contributed by atoms with van der Waals surface area (Å²) in [6.07, 6.45) is 0. The summed E-state index contributed by atoms with van der Waals surface area (Å²) in [5.41, 5.74) is 5.57. The molecular formula is C12H16F2N2. The Balaban J connectivity index is 2.35. The van der Waals surface area contributed by atoms with Crippen molar-refractivity contribution in [1.82, 2.24) is 0 Å². The third-order valence-electron chi connectivity index (χ3n) is 3.34. The van der Waals surface area contributed by atoms with Crippen LogP contribution in [0.3, 0.4) is 0 Å². The summed E-state index contributed by atoms with van der Waals surface area (Å²) in [4.78, 5) is 1.76. The van der Waals surface area contributed by atoms with E-state index in [1.54, 1.807) is 4.90 Å². The lowest BCUT2D eigenvalue weighted by Gasteiger charge is -2.20. The highest BCUT2D eigenvalue weighted by atomic mass is 19.1. The van der Waals surface area contributed by atoms with Gasteiger partial charge in [-0.25, -0.2) is 8.78 Å². The Morgan fingerprint density at radius 3 is 2.00 bits per heavy atom. The van der Waals surface area contributed by atoms with E-state index in [2.05, 4.69) is 13.8 Å². The highest BCUT2D eigenvalue weighted by Crippen LogP contribution is 2.32. The Morgan fingerprint density at radius 1 is 1.12 bits per heavy atom. The molecule has 1 heterocycles. The molecule has 0 saturated carbocycles. The van der Waals surface area contributed by atoms with Gasteiger partial charge in [0, 0.05) is 18.8 Å². The zero-order valence-electron chi connectivity index (χ0n) is 9.50. The van der Waals surface area contributed by atoms with E-state index < -0.39 is 11.6 Å². The lowest BCUT2D eigenvalue weighted by molar-refractivity contribution is 0.494. The molecule has 2 N–H and O–H groups in total. The van der Waals surface area contributed by atoms with Crippen molar-refractivity contribution < 1.29 is 8.78 Å². The summed E-state index contributed by atoms with van der Waals surface area (Å²) in [6.45, 7) is 5.58. The van der Waals surface area contributed by atoms with Crippen LogP contribution in [0.1, 0.15) is 13.8 Å². The number of anilines is 2. The Morgan fingerprint density at radius 2 is 1.56 bits per heavy atom. The lowest BCUT2D eigenvalue weighted by Crippen LogP contribution is -2.22. The highest BCUT2D eigenvalue weighted by Gasteiger charge is 2.29. The molecule has 0 aliphatic carbocycles. The molecule has 2 nitrogen and oxygen atoms in total. The first-order chi connectivity index (χ1) is 7.49. The Bertz CT molecular complexity index is 373. The van der Waals surface area contributed by atoms with Crippen LogP contribution in [0.5, 0.6) is 0 Å². The molecule has 16 heavy (non-hydrogen) atoms. The number of hydrogen-bond donors (Lipinski definition) is 1. The maximum absolute atomic E-state index is 13.7. The van der Waals surface area contributed by atoms with Crippen molar-refractivity contribution >= 4 is 11.4 Å². The van der Waals surface area contributed by atoms with Gasteiger partial charge >= 0.3 is 0 Å². The van der Waals surface area contributed by atoms with E-state index in [4.69, 9.17) is 5.73 Å². The Labute approximate surface area is 94.0 Å². The second-order valence-electron chi connectivity index (χ2n) is 4.69. The molecule has 2 unspecified atom stereocenters. The predicted molar refractivity (Wildman–Crippen MR) is 61.3 cm³/mol. The number of nitrogen functional groups attached to an aromatic ring is 1. The molecule has 1 aromatic rings. The van der Waals surface area contributed by atoms with Gasteiger partial charge in [-0.2, -0.15) is 0 Å². The zero-order chi connectivity index (χ0) is 11.9. The van der Waals surface area contributed by atoms with Crippen molar-refractivity contribution in [3.63, 3.8) is 0 Å². The molecule has 1 aromatic carbocycles.